The lowest BCUT2D eigenvalue weighted by molar-refractivity contribution is -0.142. The minimum atomic E-state index is -1.03. The molecule has 20 heavy (non-hydrogen) atoms. The highest BCUT2D eigenvalue weighted by Crippen LogP contribution is 2.14. The van der Waals surface area contributed by atoms with E-state index in [0.29, 0.717) is 5.75 Å². The number of aryl methyl sites for hydroxylation is 1. The molecule has 0 fully saturated rings. The summed E-state index contributed by atoms with van der Waals surface area (Å²) in [6, 6.07) is 7.43. The molecule has 110 valence electrons. The molecule has 0 aliphatic carbocycles. The molecular formula is C14H19NO5. The lowest BCUT2D eigenvalue weighted by Crippen LogP contribution is -2.38. The fraction of sp³-hybridized carbons (Fsp3) is 0.429. The summed E-state index contributed by atoms with van der Waals surface area (Å²) in [5.74, 6) is -0.673. The van der Waals surface area contributed by atoms with Crippen molar-refractivity contribution in [3.05, 3.63) is 29.8 Å². The lowest BCUT2D eigenvalue weighted by atomic mass is 10.2. The predicted octanol–water partition coefficient (Wildman–Crippen LogP) is 0.980. The molecule has 6 heteroatoms. The number of nitrogens with one attached hydrogen (secondary N) is 1. The van der Waals surface area contributed by atoms with Gasteiger partial charge in [0.25, 0.3) is 5.91 Å². The van der Waals surface area contributed by atoms with E-state index in [1.54, 1.807) is 13.0 Å². The smallest absolute Gasteiger partial charge is 0.329 e. The molecule has 0 spiro atoms. The minimum absolute atomic E-state index is 0.148. The van der Waals surface area contributed by atoms with Crippen LogP contribution in [0.15, 0.2) is 24.3 Å². The second-order valence-corrected chi connectivity index (χ2v) is 4.31. The van der Waals surface area contributed by atoms with Crippen molar-refractivity contribution in [1.29, 1.82) is 0 Å². The van der Waals surface area contributed by atoms with Gasteiger partial charge in [-0.05, 0) is 31.5 Å². The Hall–Kier alpha value is -2.08. The number of ether oxygens (including phenoxy) is 2. The van der Waals surface area contributed by atoms with Gasteiger partial charge >= 0.3 is 5.97 Å². The van der Waals surface area contributed by atoms with E-state index < -0.39 is 12.1 Å². The Kier molecular flexibility index (Phi) is 6.52. The van der Waals surface area contributed by atoms with Gasteiger partial charge in [-0.2, -0.15) is 0 Å². The van der Waals surface area contributed by atoms with Crippen LogP contribution in [0.25, 0.3) is 0 Å². The van der Waals surface area contributed by atoms with Gasteiger partial charge in [0.1, 0.15) is 12.4 Å². The Balaban J connectivity index is 2.27. The second-order valence-electron chi connectivity index (χ2n) is 4.31. The number of carbonyl (C=O) groups excluding carboxylic acids is 1. The topological polar surface area (TPSA) is 84.9 Å². The van der Waals surface area contributed by atoms with E-state index in [9.17, 15) is 9.59 Å². The van der Waals surface area contributed by atoms with Gasteiger partial charge in [0.2, 0.25) is 0 Å². The Morgan fingerprint density at radius 1 is 1.40 bits per heavy atom. The molecule has 0 aromatic heterocycles. The number of hydrogen-bond donors (Lipinski definition) is 2. The number of benzene rings is 1. The van der Waals surface area contributed by atoms with Crippen molar-refractivity contribution in [3.8, 4) is 5.75 Å². The summed E-state index contributed by atoms with van der Waals surface area (Å²) in [4.78, 5) is 21.9. The van der Waals surface area contributed by atoms with Gasteiger partial charge in [0.05, 0.1) is 6.61 Å². The van der Waals surface area contributed by atoms with Gasteiger partial charge in [-0.15, -0.1) is 0 Å². The molecule has 1 aromatic carbocycles. The molecule has 1 atom stereocenters. The van der Waals surface area contributed by atoms with Crippen LogP contribution in [0, 0.1) is 6.92 Å². The average Bonchev–Trinajstić information content (AvgIpc) is 2.37. The van der Waals surface area contributed by atoms with Crippen molar-refractivity contribution in [2.75, 3.05) is 19.8 Å². The summed E-state index contributed by atoms with van der Waals surface area (Å²) in [6.07, 6.45) is -0.628. The van der Waals surface area contributed by atoms with E-state index in [-0.39, 0.29) is 25.7 Å². The minimum Gasteiger partial charge on any atom is -0.481 e. The summed E-state index contributed by atoms with van der Waals surface area (Å²) >= 11 is 0. The standard InChI is InChI=1S/C14H19NO5/c1-10-4-3-5-12(8-10)20-11(2)14(18)15-6-7-19-9-13(16)17/h3-5,8,11H,6-7,9H2,1-2H3,(H,15,18)(H,16,17). The molecule has 1 amide bonds. The molecule has 0 bridgehead atoms. The zero-order chi connectivity index (χ0) is 15.0. The molecule has 0 aliphatic heterocycles. The summed E-state index contributed by atoms with van der Waals surface area (Å²) in [7, 11) is 0. The van der Waals surface area contributed by atoms with Crippen LogP contribution >= 0.6 is 0 Å². The van der Waals surface area contributed by atoms with Crippen molar-refractivity contribution < 1.29 is 24.2 Å². The number of carboxylic acid groups (broad SMARTS) is 1. The SMILES string of the molecule is Cc1cccc(OC(C)C(=O)NCCOCC(=O)O)c1. The molecule has 6 nitrogen and oxygen atoms in total. The molecule has 0 aliphatic rings. The molecule has 2 N–H and O–H groups in total. The Morgan fingerprint density at radius 2 is 2.15 bits per heavy atom. The number of aliphatic carboxylic acids is 1. The maximum atomic E-state index is 11.7. The average molecular weight is 281 g/mol. The van der Waals surface area contributed by atoms with Gasteiger partial charge < -0.3 is 19.9 Å². The van der Waals surface area contributed by atoms with Crippen molar-refractivity contribution >= 4 is 11.9 Å². The summed E-state index contributed by atoms with van der Waals surface area (Å²) in [6.45, 7) is 3.61. The molecule has 0 radical (unpaired) electrons. The first-order chi connectivity index (χ1) is 9.49. The van der Waals surface area contributed by atoms with Crippen LogP contribution in [0.5, 0.6) is 5.75 Å². The highest BCUT2D eigenvalue weighted by atomic mass is 16.5. The number of hydrogen-bond acceptors (Lipinski definition) is 4. The quantitative estimate of drug-likeness (QED) is 0.694. The van der Waals surface area contributed by atoms with Crippen molar-refractivity contribution in [2.24, 2.45) is 0 Å². The first-order valence-electron chi connectivity index (χ1n) is 6.29. The molecule has 0 saturated heterocycles. The molecule has 1 rings (SSSR count). The predicted molar refractivity (Wildman–Crippen MR) is 72.7 cm³/mol. The van der Waals surface area contributed by atoms with Crippen LogP contribution in [-0.2, 0) is 14.3 Å². The molecule has 1 aromatic rings. The van der Waals surface area contributed by atoms with E-state index in [1.807, 2.05) is 25.1 Å². The fourth-order valence-electron chi connectivity index (χ4n) is 1.50. The van der Waals surface area contributed by atoms with Crippen molar-refractivity contribution in [1.82, 2.24) is 5.32 Å². The summed E-state index contributed by atoms with van der Waals surface area (Å²) < 4.78 is 10.3. The second kappa shape index (κ2) is 8.16. The van der Waals surface area contributed by atoms with Crippen molar-refractivity contribution in [3.63, 3.8) is 0 Å². The van der Waals surface area contributed by atoms with Gasteiger partial charge in [-0.3, -0.25) is 4.79 Å². The normalized spacial score (nSPS) is 11.7. The van der Waals surface area contributed by atoms with E-state index in [2.05, 4.69) is 5.32 Å². The fourth-order valence-corrected chi connectivity index (χ4v) is 1.50. The first-order valence-corrected chi connectivity index (χ1v) is 6.29. The Labute approximate surface area is 117 Å². The first kappa shape index (κ1) is 16.0. The van der Waals surface area contributed by atoms with Crippen LogP contribution in [0.3, 0.4) is 0 Å². The maximum absolute atomic E-state index is 11.7. The van der Waals surface area contributed by atoms with E-state index in [4.69, 9.17) is 14.6 Å². The third-order valence-electron chi connectivity index (χ3n) is 2.44. The monoisotopic (exact) mass is 281 g/mol. The Morgan fingerprint density at radius 3 is 2.80 bits per heavy atom. The van der Waals surface area contributed by atoms with Gasteiger partial charge in [0.15, 0.2) is 6.10 Å². The maximum Gasteiger partial charge on any atom is 0.329 e. The number of rotatable bonds is 8. The van der Waals surface area contributed by atoms with Crippen LogP contribution in [-0.4, -0.2) is 42.8 Å². The van der Waals surface area contributed by atoms with E-state index >= 15 is 0 Å². The van der Waals surface area contributed by atoms with Crippen LogP contribution in [0.2, 0.25) is 0 Å². The molecule has 0 saturated carbocycles. The molecule has 1 unspecified atom stereocenters. The van der Waals surface area contributed by atoms with Crippen LogP contribution in [0.1, 0.15) is 12.5 Å². The third kappa shape index (κ3) is 6.19. The van der Waals surface area contributed by atoms with E-state index in [1.165, 1.54) is 0 Å². The largest absolute Gasteiger partial charge is 0.481 e. The van der Waals surface area contributed by atoms with Gasteiger partial charge in [-0.25, -0.2) is 4.79 Å². The number of amides is 1. The zero-order valence-corrected chi connectivity index (χ0v) is 11.6. The highest BCUT2D eigenvalue weighted by Gasteiger charge is 2.13. The van der Waals surface area contributed by atoms with Gasteiger partial charge in [0, 0.05) is 6.54 Å². The Bertz CT molecular complexity index is 461. The number of carboxylic acids is 1. The lowest BCUT2D eigenvalue weighted by Gasteiger charge is -2.15. The summed E-state index contributed by atoms with van der Waals surface area (Å²) in [5, 5.41) is 11.0. The molecular weight excluding hydrogens is 262 g/mol. The summed E-state index contributed by atoms with van der Waals surface area (Å²) in [5.41, 5.74) is 1.05. The van der Waals surface area contributed by atoms with Crippen LogP contribution < -0.4 is 10.1 Å². The third-order valence-corrected chi connectivity index (χ3v) is 2.44. The zero-order valence-electron chi connectivity index (χ0n) is 11.6. The number of carbonyl (C=O) groups is 2. The van der Waals surface area contributed by atoms with Crippen LogP contribution in [0.4, 0.5) is 0 Å². The highest BCUT2D eigenvalue weighted by molar-refractivity contribution is 5.80. The van der Waals surface area contributed by atoms with Gasteiger partial charge in [-0.1, -0.05) is 12.1 Å². The molecule has 0 heterocycles. The van der Waals surface area contributed by atoms with E-state index in [0.717, 1.165) is 5.56 Å². The van der Waals surface area contributed by atoms with Crippen molar-refractivity contribution in [2.45, 2.75) is 20.0 Å².